The van der Waals surface area contributed by atoms with Crippen LogP contribution in [0.4, 0.5) is 10.2 Å². The van der Waals surface area contributed by atoms with E-state index in [1.807, 2.05) is 0 Å². The smallest absolute Gasteiger partial charge is 0.161 e. The molecule has 2 N–H and O–H groups in total. The Bertz CT molecular complexity index is 539. The maximum atomic E-state index is 13.3. The Balaban J connectivity index is 2.12. The predicted octanol–water partition coefficient (Wildman–Crippen LogP) is 2.89. The molecule has 0 fully saturated rings. The zero-order valence-corrected chi connectivity index (χ0v) is 9.22. The van der Waals surface area contributed by atoms with Crippen molar-refractivity contribution in [2.24, 2.45) is 0 Å². The Hall–Kier alpha value is -1.75. The third kappa shape index (κ3) is 2.43. The van der Waals surface area contributed by atoms with Crippen molar-refractivity contribution in [2.75, 3.05) is 5.32 Å². The van der Waals surface area contributed by atoms with E-state index in [0.717, 1.165) is 0 Å². The molecule has 0 spiro atoms. The molecule has 5 heteroatoms. The zero-order valence-electron chi connectivity index (χ0n) is 8.40. The van der Waals surface area contributed by atoms with Crippen molar-refractivity contribution in [2.45, 2.75) is 6.54 Å². The summed E-state index contributed by atoms with van der Waals surface area (Å²) in [5.74, 6) is 0.321. The summed E-state index contributed by atoms with van der Waals surface area (Å²) < 4.78 is 13.8. The van der Waals surface area contributed by atoms with Gasteiger partial charge in [0, 0.05) is 24.5 Å². The highest BCUT2D eigenvalue weighted by molar-refractivity contribution is 7.71. The molecule has 1 aromatic carbocycles. The first-order chi connectivity index (χ1) is 7.77. The van der Waals surface area contributed by atoms with Crippen LogP contribution in [0.15, 0.2) is 36.7 Å². The number of hydrogen-bond donors (Lipinski definition) is 2. The second-order valence-corrected chi connectivity index (χ2v) is 3.62. The van der Waals surface area contributed by atoms with Gasteiger partial charge in [-0.25, -0.2) is 9.37 Å². The van der Waals surface area contributed by atoms with Crippen molar-refractivity contribution in [3.8, 4) is 0 Å². The van der Waals surface area contributed by atoms with Crippen molar-refractivity contribution >= 4 is 18.0 Å². The largest absolute Gasteiger partial charge is 0.363 e. The SMILES string of the molecule is Fc1ccccc1CNc1ncc[nH]c1=S. The molecule has 0 bridgehead atoms. The highest BCUT2D eigenvalue weighted by atomic mass is 32.1. The summed E-state index contributed by atoms with van der Waals surface area (Å²) in [4.78, 5) is 6.90. The Morgan fingerprint density at radius 1 is 1.38 bits per heavy atom. The van der Waals surface area contributed by atoms with E-state index in [1.54, 1.807) is 30.6 Å². The van der Waals surface area contributed by atoms with Gasteiger partial charge in [0.1, 0.15) is 10.5 Å². The Morgan fingerprint density at radius 3 is 2.94 bits per heavy atom. The number of halogens is 1. The van der Waals surface area contributed by atoms with Crippen LogP contribution in [-0.4, -0.2) is 9.97 Å². The van der Waals surface area contributed by atoms with Crippen molar-refractivity contribution in [1.29, 1.82) is 0 Å². The number of hydrogen-bond acceptors (Lipinski definition) is 3. The molecular formula is C11H10FN3S. The third-order valence-corrected chi connectivity index (χ3v) is 2.42. The number of rotatable bonds is 3. The van der Waals surface area contributed by atoms with Crippen LogP contribution in [0.25, 0.3) is 0 Å². The van der Waals surface area contributed by atoms with Gasteiger partial charge in [0.15, 0.2) is 5.82 Å². The van der Waals surface area contributed by atoms with Crippen molar-refractivity contribution in [3.05, 3.63) is 52.7 Å². The van der Waals surface area contributed by atoms with Crippen molar-refractivity contribution in [3.63, 3.8) is 0 Å². The van der Waals surface area contributed by atoms with Gasteiger partial charge in [-0.3, -0.25) is 0 Å². The molecule has 1 heterocycles. The van der Waals surface area contributed by atoms with Crippen molar-refractivity contribution < 1.29 is 4.39 Å². The molecule has 3 nitrogen and oxygen atoms in total. The third-order valence-electron chi connectivity index (χ3n) is 2.11. The molecule has 0 radical (unpaired) electrons. The lowest BCUT2D eigenvalue weighted by atomic mass is 10.2. The van der Waals surface area contributed by atoms with E-state index >= 15 is 0 Å². The van der Waals surface area contributed by atoms with E-state index < -0.39 is 0 Å². The van der Waals surface area contributed by atoms with Crippen molar-refractivity contribution in [1.82, 2.24) is 9.97 Å². The molecule has 0 saturated carbocycles. The summed E-state index contributed by atoms with van der Waals surface area (Å²) in [6.07, 6.45) is 3.25. The average molecular weight is 235 g/mol. The lowest BCUT2D eigenvalue weighted by Gasteiger charge is -2.05. The molecule has 0 amide bonds. The molecule has 0 unspecified atom stereocenters. The van der Waals surface area contributed by atoms with Gasteiger partial charge in [-0.05, 0) is 6.07 Å². The van der Waals surface area contributed by atoms with Gasteiger partial charge in [-0.1, -0.05) is 30.4 Å². The van der Waals surface area contributed by atoms with Gasteiger partial charge in [0.25, 0.3) is 0 Å². The topological polar surface area (TPSA) is 40.7 Å². The molecule has 82 valence electrons. The maximum Gasteiger partial charge on any atom is 0.161 e. The highest BCUT2D eigenvalue weighted by Gasteiger charge is 2.01. The van der Waals surface area contributed by atoms with E-state index in [0.29, 0.717) is 22.6 Å². The highest BCUT2D eigenvalue weighted by Crippen LogP contribution is 2.09. The molecule has 16 heavy (non-hydrogen) atoms. The Labute approximate surface area is 97.4 Å². The molecule has 0 atom stereocenters. The number of H-pyrrole nitrogens is 1. The molecule has 0 aliphatic rings. The number of aromatic nitrogens is 2. The summed E-state index contributed by atoms with van der Waals surface area (Å²) in [5.41, 5.74) is 0.586. The van der Waals surface area contributed by atoms with Gasteiger partial charge >= 0.3 is 0 Å². The van der Waals surface area contributed by atoms with Gasteiger partial charge in [-0.2, -0.15) is 0 Å². The first kappa shape index (κ1) is 10.8. The Kier molecular flexibility index (Phi) is 3.26. The minimum atomic E-state index is -0.235. The summed E-state index contributed by atoms with van der Waals surface area (Å²) >= 11 is 5.03. The minimum Gasteiger partial charge on any atom is -0.363 e. The lowest BCUT2D eigenvalue weighted by molar-refractivity contribution is 0.613. The number of benzene rings is 1. The molecule has 2 rings (SSSR count). The predicted molar refractivity (Wildman–Crippen MR) is 63.1 cm³/mol. The molecule has 1 aromatic heterocycles. The fourth-order valence-electron chi connectivity index (χ4n) is 1.30. The van der Waals surface area contributed by atoms with Gasteiger partial charge in [0.2, 0.25) is 0 Å². The summed E-state index contributed by atoms with van der Waals surface area (Å²) in [6, 6.07) is 6.60. The first-order valence-corrected chi connectivity index (χ1v) is 5.19. The van der Waals surface area contributed by atoms with Gasteiger partial charge in [-0.15, -0.1) is 0 Å². The first-order valence-electron chi connectivity index (χ1n) is 4.78. The molecule has 0 aliphatic carbocycles. The Morgan fingerprint density at radius 2 is 2.19 bits per heavy atom. The summed E-state index contributed by atoms with van der Waals surface area (Å²) in [7, 11) is 0. The second kappa shape index (κ2) is 4.85. The standard InChI is InChI=1S/C11H10FN3S/c12-9-4-2-1-3-8(9)7-15-10-11(16)14-6-5-13-10/h1-6H,7H2,(H,13,15)(H,14,16). The van der Waals surface area contributed by atoms with E-state index in [-0.39, 0.29) is 5.82 Å². The van der Waals surface area contributed by atoms with E-state index in [1.165, 1.54) is 6.07 Å². The van der Waals surface area contributed by atoms with Crippen LogP contribution in [0.5, 0.6) is 0 Å². The quantitative estimate of drug-likeness (QED) is 0.804. The van der Waals surface area contributed by atoms with Crippen LogP contribution in [0.1, 0.15) is 5.56 Å². The van der Waals surface area contributed by atoms with Crippen LogP contribution in [0, 0.1) is 10.5 Å². The monoisotopic (exact) mass is 235 g/mol. The molecule has 2 aromatic rings. The second-order valence-electron chi connectivity index (χ2n) is 3.21. The van der Waals surface area contributed by atoms with Gasteiger partial charge < -0.3 is 10.3 Å². The van der Waals surface area contributed by atoms with E-state index in [2.05, 4.69) is 15.3 Å². The number of nitrogens with zero attached hydrogens (tertiary/aromatic N) is 1. The van der Waals surface area contributed by atoms with Crippen LogP contribution in [0.3, 0.4) is 0 Å². The zero-order chi connectivity index (χ0) is 11.4. The minimum absolute atomic E-state index is 0.235. The fourth-order valence-corrected chi connectivity index (χ4v) is 1.49. The van der Waals surface area contributed by atoms with E-state index in [4.69, 9.17) is 12.2 Å². The fraction of sp³-hybridized carbons (Fsp3) is 0.0909. The normalized spacial score (nSPS) is 10.1. The lowest BCUT2D eigenvalue weighted by Crippen LogP contribution is -2.04. The molecular weight excluding hydrogens is 225 g/mol. The summed E-state index contributed by atoms with van der Waals surface area (Å²) in [6.45, 7) is 0.362. The maximum absolute atomic E-state index is 13.3. The average Bonchev–Trinajstić information content (AvgIpc) is 2.30. The summed E-state index contributed by atoms with van der Waals surface area (Å²) in [5, 5.41) is 2.98. The van der Waals surface area contributed by atoms with Crippen LogP contribution in [-0.2, 0) is 6.54 Å². The van der Waals surface area contributed by atoms with Crippen LogP contribution < -0.4 is 5.32 Å². The molecule has 0 aliphatic heterocycles. The van der Waals surface area contributed by atoms with E-state index in [9.17, 15) is 4.39 Å². The van der Waals surface area contributed by atoms with Gasteiger partial charge in [0.05, 0.1) is 0 Å². The van der Waals surface area contributed by atoms with Crippen LogP contribution in [0.2, 0.25) is 0 Å². The molecule has 0 saturated heterocycles. The number of nitrogens with one attached hydrogen (secondary N) is 2. The number of aromatic amines is 1. The van der Waals surface area contributed by atoms with Crippen LogP contribution >= 0.6 is 12.2 Å². The number of anilines is 1.